The number of aromatic nitrogens is 2. The van der Waals surface area contributed by atoms with Gasteiger partial charge in [0, 0.05) is 12.3 Å². The Kier molecular flexibility index (Phi) is 5.36. The van der Waals surface area contributed by atoms with Crippen molar-refractivity contribution < 1.29 is 4.42 Å². The first-order valence-electron chi connectivity index (χ1n) is 4.31. The van der Waals surface area contributed by atoms with Crippen LogP contribution in [-0.4, -0.2) is 47.7 Å². The molecule has 0 spiro atoms. The predicted octanol–water partition coefficient (Wildman–Crippen LogP) is 1.59. The van der Waals surface area contributed by atoms with E-state index in [1.165, 1.54) is 0 Å². The molecule has 0 N–H and O–H groups in total. The van der Waals surface area contributed by atoms with Gasteiger partial charge in [0.2, 0.25) is 5.89 Å². The molecule has 0 aliphatic heterocycles. The van der Waals surface area contributed by atoms with Gasteiger partial charge in [-0.05, 0) is 20.4 Å². The van der Waals surface area contributed by atoms with Gasteiger partial charge < -0.3 is 9.32 Å². The zero-order valence-electron chi connectivity index (χ0n) is 8.69. The van der Waals surface area contributed by atoms with Gasteiger partial charge in [0.1, 0.15) is 0 Å². The van der Waals surface area contributed by atoms with Crippen LogP contribution in [0.1, 0.15) is 5.89 Å². The van der Waals surface area contributed by atoms with Crippen molar-refractivity contribution in [1.82, 2.24) is 15.1 Å². The lowest BCUT2D eigenvalue weighted by Gasteiger charge is -2.06. The van der Waals surface area contributed by atoms with Gasteiger partial charge in [0.25, 0.3) is 5.22 Å². The van der Waals surface area contributed by atoms with E-state index in [-0.39, 0.29) is 0 Å². The smallest absolute Gasteiger partial charge is 0.276 e. The molecule has 0 bridgehead atoms. The Morgan fingerprint density at radius 2 is 2.14 bits per heavy atom. The molecule has 4 nitrogen and oxygen atoms in total. The summed E-state index contributed by atoms with van der Waals surface area (Å²) in [6.45, 7) is 1.02. The van der Waals surface area contributed by atoms with Crippen LogP contribution in [-0.2, 0) is 5.75 Å². The van der Waals surface area contributed by atoms with E-state index >= 15 is 0 Å². The molecular weight excluding hydrogens is 218 g/mol. The van der Waals surface area contributed by atoms with Crippen LogP contribution in [0.5, 0.6) is 0 Å². The molecule has 1 aromatic rings. The molecular formula is C8H15N3OS2. The van der Waals surface area contributed by atoms with Crippen LogP contribution in [0, 0.1) is 0 Å². The normalized spacial score (nSPS) is 11.1. The molecule has 6 heteroatoms. The van der Waals surface area contributed by atoms with Crippen LogP contribution in [0.15, 0.2) is 9.64 Å². The standard InChI is InChI=1S/C8H15N3OS2/c1-11(2)4-5-14-8-10-9-7(12-8)6-13-3/h4-6H2,1-3H3. The second kappa shape index (κ2) is 6.31. The topological polar surface area (TPSA) is 42.2 Å². The maximum atomic E-state index is 5.41. The van der Waals surface area contributed by atoms with Crippen molar-refractivity contribution in [2.75, 3.05) is 32.6 Å². The highest BCUT2D eigenvalue weighted by molar-refractivity contribution is 7.99. The Morgan fingerprint density at radius 3 is 2.79 bits per heavy atom. The molecule has 1 heterocycles. The summed E-state index contributed by atoms with van der Waals surface area (Å²) in [6.07, 6.45) is 2.02. The molecule has 0 amide bonds. The Morgan fingerprint density at radius 1 is 1.36 bits per heavy atom. The lowest BCUT2D eigenvalue weighted by molar-refractivity contribution is 0.421. The van der Waals surface area contributed by atoms with Gasteiger partial charge in [-0.15, -0.1) is 10.2 Å². The molecule has 0 radical (unpaired) electrons. The van der Waals surface area contributed by atoms with E-state index in [1.807, 2.05) is 20.4 Å². The maximum Gasteiger partial charge on any atom is 0.276 e. The van der Waals surface area contributed by atoms with Crippen molar-refractivity contribution in [3.63, 3.8) is 0 Å². The Hall–Kier alpha value is -0.200. The number of thioether (sulfide) groups is 2. The number of nitrogens with zero attached hydrogens (tertiary/aromatic N) is 3. The predicted molar refractivity (Wildman–Crippen MR) is 60.8 cm³/mol. The first kappa shape index (κ1) is 11.9. The molecule has 0 aliphatic rings. The van der Waals surface area contributed by atoms with Crippen LogP contribution in [0.2, 0.25) is 0 Å². The van der Waals surface area contributed by atoms with E-state index in [1.54, 1.807) is 23.5 Å². The molecule has 0 aromatic carbocycles. The van der Waals surface area contributed by atoms with Crippen LogP contribution >= 0.6 is 23.5 Å². The highest BCUT2D eigenvalue weighted by atomic mass is 32.2. The van der Waals surface area contributed by atoms with Crippen LogP contribution in [0.4, 0.5) is 0 Å². The minimum absolute atomic E-state index is 0.677. The lowest BCUT2D eigenvalue weighted by Crippen LogP contribution is -2.14. The van der Waals surface area contributed by atoms with Gasteiger partial charge in [0.05, 0.1) is 5.75 Å². The third-order valence-electron chi connectivity index (χ3n) is 1.48. The summed E-state index contributed by atoms with van der Waals surface area (Å²) in [7, 11) is 4.10. The molecule has 0 atom stereocenters. The quantitative estimate of drug-likeness (QED) is 0.695. The van der Waals surface area contributed by atoms with E-state index in [2.05, 4.69) is 15.1 Å². The monoisotopic (exact) mass is 233 g/mol. The summed E-state index contributed by atoms with van der Waals surface area (Å²) < 4.78 is 5.41. The van der Waals surface area contributed by atoms with Gasteiger partial charge in [-0.2, -0.15) is 11.8 Å². The zero-order valence-corrected chi connectivity index (χ0v) is 10.3. The second-order valence-electron chi connectivity index (χ2n) is 3.05. The lowest BCUT2D eigenvalue weighted by atomic mass is 10.7. The van der Waals surface area contributed by atoms with Crippen molar-refractivity contribution in [3.05, 3.63) is 5.89 Å². The molecule has 80 valence electrons. The fraction of sp³-hybridized carbons (Fsp3) is 0.750. The van der Waals surface area contributed by atoms with Crippen LogP contribution in [0.3, 0.4) is 0 Å². The number of hydrogen-bond donors (Lipinski definition) is 0. The van der Waals surface area contributed by atoms with Crippen molar-refractivity contribution >= 4 is 23.5 Å². The van der Waals surface area contributed by atoms with Gasteiger partial charge in [-0.1, -0.05) is 11.8 Å². The van der Waals surface area contributed by atoms with Crippen LogP contribution in [0.25, 0.3) is 0 Å². The van der Waals surface area contributed by atoms with Gasteiger partial charge in [0.15, 0.2) is 0 Å². The maximum absolute atomic E-state index is 5.41. The first-order chi connectivity index (χ1) is 6.72. The molecule has 14 heavy (non-hydrogen) atoms. The third-order valence-corrected chi connectivity index (χ3v) is 2.81. The first-order valence-corrected chi connectivity index (χ1v) is 6.69. The van der Waals surface area contributed by atoms with E-state index in [4.69, 9.17) is 4.42 Å². The summed E-state index contributed by atoms with van der Waals surface area (Å²) in [5.41, 5.74) is 0. The largest absolute Gasteiger partial charge is 0.415 e. The molecule has 0 aliphatic carbocycles. The zero-order chi connectivity index (χ0) is 10.4. The Labute approximate surface area is 92.8 Å². The summed E-state index contributed by atoms with van der Waals surface area (Å²) in [4.78, 5) is 2.13. The fourth-order valence-electron chi connectivity index (χ4n) is 0.794. The van der Waals surface area contributed by atoms with E-state index in [9.17, 15) is 0 Å². The highest BCUT2D eigenvalue weighted by Crippen LogP contribution is 2.17. The van der Waals surface area contributed by atoms with Gasteiger partial charge in [-0.3, -0.25) is 0 Å². The summed E-state index contributed by atoms with van der Waals surface area (Å²) in [5.74, 6) is 2.49. The third kappa shape index (κ3) is 4.34. The average Bonchev–Trinajstić information content (AvgIpc) is 2.53. The Bertz CT molecular complexity index is 265. The van der Waals surface area contributed by atoms with Crippen molar-refractivity contribution in [1.29, 1.82) is 0 Å². The highest BCUT2D eigenvalue weighted by Gasteiger charge is 2.05. The van der Waals surface area contributed by atoms with Crippen molar-refractivity contribution in [3.8, 4) is 0 Å². The van der Waals surface area contributed by atoms with E-state index < -0.39 is 0 Å². The van der Waals surface area contributed by atoms with Crippen LogP contribution < -0.4 is 0 Å². The molecule has 0 fully saturated rings. The molecule has 0 unspecified atom stereocenters. The second-order valence-corrected chi connectivity index (χ2v) is 4.96. The fourth-order valence-corrected chi connectivity index (χ4v) is 2.04. The van der Waals surface area contributed by atoms with Gasteiger partial charge >= 0.3 is 0 Å². The molecule has 0 saturated heterocycles. The molecule has 1 aromatic heterocycles. The van der Waals surface area contributed by atoms with E-state index in [0.717, 1.165) is 18.1 Å². The summed E-state index contributed by atoms with van der Waals surface area (Å²) >= 11 is 3.29. The minimum atomic E-state index is 0.677. The summed E-state index contributed by atoms with van der Waals surface area (Å²) in [5, 5.41) is 8.55. The molecule has 1 rings (SSSR count). The summed E-state index contributed by atoms with van der Waals surface area (Å²) in [6, 6.07) is 0. The SMILES string of the molecule is CSCc1nnc(SCCN(C)C)o1. The van der Waals surface area contributed by atoms with Crippen molar-refractivity contribution in [2.24, 2.45) is 0 Å². The molecule has 0 saturated carbocycles. The number of rotatable bonds is 6. The average molecular weight is 233 g/mol. The Balaban J connectivity index is 2.28. The van der Waals surface area contributed by atoms with Gasteiger partial charge in [-0.25, -0.2) is 0 Å². The van der Waals surface area contributed by atoms with Crippen molar-refractivity contribution in [2.45, 2.75) is 11.0 Å². The minimum Gasteiger partial charge on any atom is -0.415 e. The number of hydrogen-bond acceptors (Lipinski definition) is 6. The van der Waals surface area contributed by atoms with E-state index in [0.29, 0.717) is 11.1 Å².